The van der Waals surface area contributed by atoms with Crippen molar-refractivity contribution >= 4 is 27.4 Å². The molecule has 2 aromatic heterocycles. The summed E-state index contributed by atoms with van der Waals surface area (Å²) in [4.78, 5) is 7.61. The largest absolute Gasteiger partial charge is 0.360 e. The molecule has 4 N–H and O–H groups in total. The fraction of sp³-hybridized carbons (Fsp3) is 0. The van der Waals surface area contributed by atoms with Gasteiger partial charge in [-0.25, -0.2) is 10.8 Å². The first-order valence-electron chi connectivity index (χ1n) is 4.87. The number of aromatic nitrogens is 2. The Kier molecular flexibility index (Phi) is 2.12. The standard InChI is InChI=1S/C11H10N4S/c12-15-11-14-10(6-16-11)8-5-13-9-4-2-1-3-7(8)9/h1-6,13H,12H2,(H,14,15). The van der Waals surface area contributed by atoms with Gasteiger partial charge in [-0.2, -0.15) is 0 Å². The molecule has 1 aromatic carbocycles. The number of anilines is 1. The molecule has 0 spiro atoms. The van der Waals surface area contributed by atoms with Crippen molar-refractivity contribution in [3.8, 4) is 11.3 Å². The van der Waals surface area contributed by atoms with Crippen LogP contribution in [0.4, 0.5) is 5.13 Å². The summed E-state index contributed by atoms with van der Waals surface area (Å²) in [5, 5.41) is 3.89. The Morgan fingerprint density at radius 2 is 2.19 bits per heavy atom. The van der Waals surface area contributed by atoms with Crippen molar-refractivity contribution in [3.63, 3.8) is 0 Å². The van der Waals surface area contributed by atoms with Crippen LogP contribution in [0.5, 0.6) is 0 Å². The second kappa shape index (κ2) is 3.62. The van der Waals surface area contributed by atoms with Gasteiger partial charge in [0.1, 0.15) is 0 Å². The zero-order chi connectivity index (χ0) is 11.0. The van der Waals surface area contributed by atoms with Crippen LogP contribution in [0.2, 0.25) is 0 Å². The van der Waals surface area contributed by atoms with Crippen LogP contribution in [0.1, 0.15) is 0 Å². The Bertz CT molecular complexity index is 625. The highest BCUT2D eigenvalue weighted by molar-refractivity contribution is 7.14. The van der Waals surface area contributed by atoms with Crippen molar-refractivity contribution < 1.29 is 0 Å². The lowest BCUT2D eigenvalue weighted by Gasteiger charge is -1.93. The van der Waals surface area contributed by atoms with E-state index in [1.165, 1.54) is 16.7 Å². The van der Waals surface area contributed by atoms with Gasteiger partial charge >= 0.3 is 0 Å². The van der Waals surface area contributed by atoms with E-state index in [-0.39, 0.29) is 0 Å². The number of nitrogens with one attached hydrogen (secondary N) is 2. The normalized spacial score (nSPS) is 10.8. The van der Waals surface area contributed by atoms with Gasteiger partial charge in [0.15, 0.2) is 5.13 Å². The minimum absolute atomic E-state index is 0.722. The van der Waals surface area contributed by atoms with Crippen molar-refractivity contribution in [1.29, 1.82) is 0 Å². The zero-order valence-corrected chi connectivity index (χ0v) is 9.21. The van der Waals surface area contributed by atoms with Crippen LogP contribution in [-0.2, 0) is 0 Å². The number of H-pyrrole nitrogens is 1. The average Bonchev–Trinajstić information content (AvgIpc) is 2.94. The number of nitrogen functional groups attached to an aromatic ring is 1. The molecule has 0 unspecified atom stereocenters. The summed E-state index contributed by atoms with van der Waals surface area (Å²) in [6.45, 7) is 0. The molecule has 5 heteroatoms. The van der Waals surface area contributed by atoms with Gasteiger partial charge in [0.2, 0.25) is 0 Å². The van der Waals surface area contributed by atoms with E-state index >= 15 is 0 Å². The maximum atomic E-state index is 5.32. The molecule has 0 amide bonds. The van der Waals surface area contributed by atoms with Crippen molar-refractivity contribution in [2.45, 2.75) is 0 Å². The molecule has 80 valence electrons. The fourth-order valence-electron chi connectivity index (χ4n) is 1.75. The first kappa shape index (κ1) is 9.38. The quantitative estimate of drug-likeness (QED) is 0.468. The zero-order valence-electron chi connectivity index (χ0n) is 8.40. The number of para-hydroxylation sites is 1. The summed E-state index contributed by atoms with van der Waals surface area (Å²) in [7, 11) is 0. The first-order chi connectivity index (χ1) is 7.88. The van der Waals surface area contributed by atoms with Crippen molar-refractivity contribution in [2.75, 3.05) is 5.43 Å². The molecular weight excluding hydrogens is 220 g/mol. The number of benzene rings is 1. The first-order valence-corrected chi connectivity index (χ1v) is 5.75. The van der Waals surface area contributed by atoms with E-state index in [1.54, 1.807) is 0 Å². The maximum absolute atomic E-state index is 5.32. The highest BCUT2D eigenvalue weighted by Crippen LogP contribution is 2.30. The number of nitrogens with two attached hydrogens (primary N) is 1. The number of hydrazine groups is 1. The lowest BCUT2D eigenvalue weighted by molar-refractivity contribution is 1.29. The third kappa shape index (κ3) is 1.37. The third-order valence-electron chi connectivity index (χ3n) is 2.49. The van der Waals surface area contributed by atoms with E-state index in [0.717, 1.165) is 21.9 Å². The molecule has 0 bridgehead atoms. The Morgan fingerprint density at radius 3 is 3.00 bits per heavy atom. The van der Waals surface area contributed by atoms with E-state index in [0.29, 0.717) is 0 Å². The van der Waals surface area contributed by atoms with Gasteiger partial charge in [-0.05, 0) is 6.07 Å². The molecule has 16 heavy (non-hydrogen) atoms. The van der Waals surface area contributed by atoms with Gasteiger partial charge in [-0.15, -0.1) is 11.3 Å². The van der Waals surface area contributed by atoms with E-state index in [1.807, 2.05) is 29.8 Å². The summed E-state index contributed by atoms with van der Waals surface area (Å²) in [5.74, 6) is 5.32. The lowest BCUT2D eigenvalue weighted by Crippen LogP contribution is -2.05. The second-order valence-electron chi connectivity index (χ2n) is 3.43. The van der Waals surface area contributed by atoms with Gasteiger partial charge in [0, 0.05) is 28.0 Å². The summed E-state index contributed by atoms with van der Waals surface area (Å²) in [6, 6.07) is 8.16. The lowest BCUT2D eigenvalue weighted by atomic mass is 10.1. The molecule has 3 rings (SSSR count). The van der Waals surface area contributed by atoms with Crippen LogP contribution in [-0.4, -0.2) is 9.97 Å². The van der Waals surface area contributed by atoms with Crippen molar-refractivity contribution in [1.82, 2.24) is 9.97 Å². The molecule has 4 nitrogen and oxygen atoms in total. The summed E-state index contributed by atoms with van der Waals surface area (Å²) < 4.78 is 0. The molecule has 3 aromatic rings. The highest BCUT2D eigenvalue weighted by atomic mass is 32.1. The SMILES string of the molecule is NNc1nc(-c2c[nH]c3ccccc23)cs1. The fourth-order valence-corrected chi connectivity index (χ4v) is 2.37. The van der Waals surface area contributed by atoms with E-state index in [2.05, 4.69) is 21.5 Å². The van der Waals surface area contributed by atoms with Crippen molar-refractivity contribution in [3.05, 3.63) is 35.8 Å². The molecule has 0 fully saturated rings. The van der Waals surface area contributed by atoms with E-state index < -0.39 is 0 Å². The average molecular weight is 230 g/mol. The van der Waals surface area contributed by atoms with Gasteiger partial charge < -0.3 is 4.98 Å². The van der Waals surface area contributed by atoms with Crippen LogP contribution < -0.4 is 11.3 Å². The van der Waals surface area contributed by atoms with Crippen LogP contribution in [0.3, 0.4) is 0 Å². The highest BCUT2D eigenvalue weighted by Gasteiger charge is 2.08. The summed E-state index contributed by atoms with van der Waals surface area (Å²) in [6.07, 6.45) is 1.97. The molecule has 0 aliphatic rings. The van der Waals surface area contributed by atoms with Crippen molar-refractivity contribution in [2.24, 2.45) is 5.84 Å². The monoisotopic (exact) mass is 230 g/mol. The molecule has 0 aliphatic carbocycles. The smallest absolute Gasteiger partial charge is 0.197 e. The van der Waals surface area contributed by atoms with E-state index in [9.17, 15) is 0 Å². The number of rotatable bonds is 2. The predicted octanol–water partition coefficient (Wildman–Crippen LogP) is 2.58. The number of hydrogen-bond donors (Lipinski definition) is 3. The van der Waals surface area contributed by atoms with Crippen LogP contribution in [0, 0.1) is 0 Å². The predicted molar refractivity (Wildman–Crippen MR) is 67.2 cm³/mol. The van der Waals surface area contributed by atoms with Crippen LogP contribution >= 0.6 is 11.3 Å². The number of fused-ring (bicyclic) bond motifs is 1. The maximum Gasteiger partial charge on any atom is 0.197 e. The number of nitrogens with zero attached hydrogens (tertiary/aromatic N) is 1. The minimum atomic E-state index is 0.722. The Labute approximate surface area is 96.1 Å². The summed E-state index contributed by atoms with van der Waals surface area (Å²) >= 11 is 1.50. The molecule has 0 aliphatic heterocycles. The molecule has 0 saturated carbocycles. The van der Waals surface area contributed by atoms with Crippen LogP contribution in [0.25, 0.3) is 22.2 Å². The molecule has 2 heterocycles. The molecule has 0 atom stereocenters. The minimum Gasteiger partial charge on any atom is -0.360 e. The topological polar surface area (TPSA) is 66.7 Å². The summed E-state index contributed by atoms with van der Waals surface area (Å²) in [5.41, 5.74) is 5.72. The Morgan fingerprint density at radius 1 is 1.31 bits per heavy atom. The van der Waals surface area contributed by atoms with Gasteiger partial charge in [-0.1, -0.05) is 18.2 Å². The van der Waals surface area contributed by atoms with E-state index in [4.69, 9.17) is 5.84 Å². The second-order valence-corrected chi connectivity index (χ2v) is 4.29. The van der Waals surface area contributed by atoms with Crippen LogP contribution in [0.15, 0.2) is 35.8 Å². The number of thiazole rings is 1. The Hall–Kier alpha value is -1.85. The van der Waals surface area contributed by atoms with Gasteiger partial charge in [0.25, 0.3) is 0 Å². The third-order valence-corrected chi connectivity index (χ3v) is 3.27. The number of aromatic amines is 1. The van der Waals surface area contributed by atoms with Gasteiger partial charge in [-0.3, -0.25) is 5.43 Å². The number of hydrogen-bond acceptors (Lipinski definition) is 4. The Balaban J connectivity index is 2.18. The molecule has 0 saturated heterocycles. The van der Waals surface area contributed by atoms with Gasteiger partial charge in [0.05, 0.1) is 5.69 Å². The molecule has 0 radical (unpaired) electrons. The molecular formula is C11H10N4S.